The largest absolute Gasteiger partial charge is 0.491 e. The van der Waals surface area contributed by atoms with Gasteiger partial charge in [-0.25, -0.2) is 0 Å². The third kappa shape index (κ3) is 4.12. The third-order valence-electron chi connectivity index (χ3n) is 3.12. The molecule has 0 spiro atoms. The number of rotatable bonds is 4. The first-order valence-corrected chi connectivity index (χ1v) is 7.30. The SMILES string of the molecule is OC1CCN(CCOc2ccc(Cl)cc2Br)CC1. The fraction of sp³-hybridized carbons (Fsp3) is 0.538. The lowest BCUT2D eigenvalue weighted by atomic mass is 10.1. The average molecular weight is 335 g/mol. The molecule has 0 aliphatic carbocycles. The number of nitrogens with zero attached hydrogens (tertiary/aromatic N) is 1. The van der Waals surface area contributed by atoms with Crippen molar-refractivity contribution in [2.45, 2.75) is 18.9 Å². The summed E-state index contributed by atoms with van der Waals surface area (Å²) in [5, 5.41) is 10.1. The van der Waals surface area contributed by atoms with E-state index in [4.69, 9.17) is 16.3 Å². The average Bonchev–Trinajstić information content (AvgIpc) is 2.34. The summed E-state index contributed by atoms with van der Waals surface area (Å²) in [6.07, 6.45) is 1.61. The quantitative estimate of drug-likeness (QED) is 0.919. The van der Waals surface area contributed by atoms with Crippen LogP contribution in [0.2, 0.25) is 5.02 Å². The van der Waals surface area contributed by atoms with Crippen LogP contribution in [0.5, 0.6) is 5.75 Å². The minimum Gasteiger partial charge on any atom is -0.491 e. The molecule has 1 aromatic carbocycles. The van der Waals surface area contributed by atoms with E-state index >= 15 is 0 Å². The van der Waals surface area contributed by atoms with Gasteiger partial charge in [0.2, 0.25) is 0 Å². The second-order valence-electron chi connectivity index (χ2n) is 4.50. The maximum absolute atomic E-state index is 9.42. The fourth-order valence-corrected chi connectivity index (χ4v) is 2.82. The van der Waals surface area contributed by atoms with E-state index in [1.54, 1.807) is 0 Å². The molecule has 0 saturated carbocycles. The van der Waals surface area contributed by atoms with E-state index in [1.807, 2.05) is 18.2 Å². The third-order valence-corrected chi connectivity index (χ3v) is 3.97. The number of aliphatic hydroxyl groups is 1. The molecule has 3 nitrogen and oxygen atoms in total. The molecule has 18 heavy (non-hydrogen) atoms. The Labute approximate surface area is 121 Å². The summed E-state index contributed by atoms with van der Waals surface area (Å²) >= 11 is 9.29. The van der Waals surface area contributed by atoms with Gasteiger partial charge in [-0.15, -0.1) is 0 Å². The summed E-state index contributed by atoms with van der Waals surface area (Å²) < 4.78 is 6.59. The van der Waals surface area contributed by atoms with Gasteiger partial charge in [-0.2, -0.15) is 0 Å². The van der Waals surface area contributed by atoms with Gasteiger partial charge in [-0.1, -0.05) is 11.6 Å². The summed E-state index contributed by atoms with van der Waals surface area (Å²) in [5.74, 6) is 0.816. The van der Waals surface area contributed by atoms with Gasteiger partial charge in [0, 0.05) is 24.7 Å². The number of hydrogen-bond donors (Lipinski definition) is 1. The molecule has 100 valence electrons. The smallest absolute Gasteiger partial charge is 0.133 e. The van der Waals surface area contributed by atoms with Gasteiger partial charge in [0.15, 0.2) is 0 Å². The number of hydrogen-bond acceptors (Lipinski definition) is 3. The highest BCUT2D eigenvalue weighted by Gasteiger charge is 2.16. The Hall–Kier alpha value is -0.290. The molecular weight excluding hydrogens is 318 g/mol. The monoisotopic (exact) mass is 333 g/mol. The highest BCUT2D eigenvalue weighted by molar-refractivity contribution is 9.10. The number of ether oxygens (including phenoxy) is 1. The summed E-state index contributed by atoms with van der Waals surface area (Å²) in [6, 6.07) is 5.51. The van der Waals surface area contributed by atoms with Crippen molar-refractivity contribution in [1.82, 2.24) is 4.90 Å². The van der Waals surface area contributed by atoms with Gasteiger partial charge >= 0.3 is 0 Å². The van der Waals surface area contributed by atoms with Crippen LogP contribution in [-0.2, 0) is 0 Å². The van der Waals surface area contributed by atoms with Crippen LogP contribution in [-0.4, -0.2) is 42.4 Å². The van der Waals surface area contributed by atoms with Gasteiger partial charge in [0.25, 0.3) is 0 Å². The van der Waals surface area contributed by atoms with Crippen molar-refractivity contribution in [3.05, 3.63) is 27.7 Å². The second-order valence-corrected chi connectivity index (χ2v) is 5.79. The Balaban J connectivity index is 1.75. The van der Waals surface area contributed by atoms with Crippen LogP contribution in [0.4, 0.5) is 0 Å². The maximum atomic E-state index is 9.42. The first-order valence-electron chi connectivity index (χ1n) is 6.13. The molecule has 1 aliphatic heterocycles. The molecule has 0 bridgehead atoms. The highest BCUT2D eigenvalue weighted by Crippen LogP contribution is 2.27. The summed E-state index contributed by atoms with van der Waals surface area (Å²) in [7, 11) is 0. The van der Waals surface area contributed by atoms with E-state index in [9.17, 15) is 5.11 Å². The molecule has 2 rings (SSSR count). The normalized spacial score (nSPS) is 17.9. The topological polar surface area (TPSA) is 32.7 Å². The van der Waals surface area contributed by atoms with Gasteiger partial charge in [-0.3, -0.25) is 4.90 Å². The van der Waals surface area contributed by atoms with Crippen LogP contribution < -0.4 is 4.74 Å². The molecule has 1 aliphatic rings. The van der Waals surface area contributed by atoms with Crippen molar-refractivity contribution in [3.63, 3.8) is 0 Å². The number of benzene rings is 1. The molecule has 0 amide bonds. The molecule has 1 fully saturated rings. The fourth-order valence-electron chi connectivity index (χ4n) is 2.02. The molecule has 1 heterocycles. The Morgan fingerprint density at radius 2 is 2.11 bits per heavy atom. The van der Waals surface area contributed by atoms with E-state index in [0.29, 0.717) is 11.6 Å². The van der Waals surface area contributed by atoms with Gasteiger partial charge in [0.05, 0.1) is 10.6 Å². The van der Waals surface area contributed by atoms with E-state index in [-0.39, 0.29) is 6.10 Å². The van der Waals surface area contributed by atoms with Crippen molar-refractivity contribution in [3.8, 4) is 5.75 Å². The van der Waals surface area contributed by atoms with E-state index in [0.717, 1.165) is 42.7 Å². The van der Waals surface area contributed by atoms with Gasteiger partial charge in [-0.05, 0) is 47.0 Å². The number of halogens is 2. The lowest BCUT2D eigenvalue weighted by molar-refractivity contribution is 0.0754. The lowest BCUT2D eigenvalue weighted by Crippen LogP contribution is -2.38. The number of piperidine rings is 1. The first-order chi connectivity index (χ1) is 8.65. The molecule has 0 unspecified atom stereocenters. The van der Waals surface area contributed by atoms with Crippen LogP contribution in [0.15, 0.2) is 22.7 Å². The van der Waals surface area contributed by atoms with Crippen molar-refractivity contribution >= 4 is 27.5 Å². The minimum atomic E-state index is -0.118. The van der Waals surface area contributed by atoms with Crippen LogP contribution >= 0.6 is 27.5 Å². The zero-order valence-corrected chi connectivity index (χ0v) is 12.5. The lowest BCUT2D eigenvalue weighted by Gasteiger charge is -2.29. The Kier molecular flexibility index (Phi) is 5.30. The molecule has 1 saturated heterocycles. The van der Waals surface area contributed by atoms with Crippen molar-refractivity contribution in [1.29, 1.82) is 0 Å². The zero-order valence-electron chi connectivity index (χ0n) is 10.1. The van der Waals surface area contributed by atoms with Gasteiger partial charge in [0.1, 0.15) is 12.4 Å². The highest BCUT2D eigenvalue weighted by atomic mass is 79.9. The van der Waals surface area contributed by atoms with Crippen molar-refractivity contribution in [2.75, 3.05) is 26.2 Å². The van der Waals surface area contributed by atoms with Crippen LogP contribution in [0.3, 0.4) is 0 Å². The molecule has 0 aromatic heterocycles. The van der Waals surface area contributed by atoms with Crippen LogP contribution in [0.1, 0.15) is 12.8 Å². The Morgan fingerprint density at radius 3 is 2.78 bits per heavy atom. The minimum absolute atomic E-state index is 0.118. The molecule has 0 atom stereocenters. The molecule has 5 heteroatoms. The summed E-state index contributed by atoms with van der Waals surface area (Å²) in [6.45, 7) is 3.44. The summed E-state index contributed by atoms with van der Waals surface area (Å²) in [4.78, 5) is 2.32. The Bertz CT molecular complexity index is 395. The van der Waals surface area contributed by atoms with Crippen molar-refractivity contribution < 1.29 is 9.84 Å². The Morgan fingerprint density at radius 1 is 1.39 bits per heavy atom. The maximum Gasteiger partial charge on any atom is 0.133 e. The standard InChI is InChI=1S/C13H17BrClNO2/c14-12-9-10(15)1-2-13(12)18-8-7-16-5-3-11(17)4-6-16/h1-2,9,11,17H,3-8H2. The molecular formula is C13H17BrClNO2. The number of aliphatic hydroxyl groups excluding tert-OH is 1. The van der Waals surface area contributed by atoms with Gasteiger partial charge < -0.3 is 9.84 Å². The zero-order chi connectivity index (χ0) is 13.0. The molecule has 1 aromatic rings. The predicted molar refractivity (Wildman–Crippen MR) is 76.3 cm³/mol. The van der Waals surface area contributed by atoms with Crippen molar-refractivity contribution in [2.24, 2.45) is 0 Å². The first kappa shape index (κ1) is 14.1. The summed E-state index contributed by atoms with van der Waals surface area (Å²) in [5.41, 5.74) is 0. The number of likely N-dealkylation sites (tertiary alicyclic amines) is 1. The molecule has 1 N–H and O–H groups in total. The van der Waals surface area contributed by atoms with E-state index < -0.39 is 0 Å². The van der Waals surface area contributed by atoms with Crippen LogP contribution in [0.25, 0.3) is 0 Å². The predicted octanol–water partition coefficient (Wildman–Crippen LogP) is 2.94. The second kappa shape index (κ2) is 6.75. The van der Waals surface area contributed by atoms with E-state index in [1.165, 1.54) is 0 Å². The molecule has 0 radical (unpaired) electrons. The van der Waals surface area contributed by atoms with Crippen LogP contribution in [0, 0.1) is 0 Å². The van der Waals surface area contributed by atoms with E-state index in [2.05, 4.69) is 20.8 Å².